The minimum atomic E-state index is -0.680. The Bertz CT molecular complexity index is 1410. The van der Waals surface area contributed by atoms with Crippen LogP contribution in [0.3, 0.4) is 0 Å². The van der Waals surface area contributed by atoms with E-state index in [-0.39, 0.29) is 11.7 Å². The molecule has 0 bridgehead atoms. The zero-order chi connectivity index (χ0) is 29.7. The lowest BCUT2D eigenvalue weighted by molar-refractivity contribution is 0.0194. The third-order valence-corrected chi connectivity index (χ3v) is 6.66. The summed E-state index contributed by atoms with van der Waals surface area (Å²) in [5.41, 5.74) is 1.63. The fourth-order valence-corrected chi connectivity index (χ4v) is 4.69. The quantitative estimate of drug-likeness (QED) is 0.220. The summed E-state index contributed by atoms with van der Waals surface area (Å²) >= 11 is 0. The highest BCUT2D eigenvalue weighted by Gasteiger charge is 2.32. The highest BCUT2D eigenvalue weighted by molar-refractivity contribution is 6.04. The average molecular weight is 569 g/mol. The summed E-state index contributed by atoms with van der Waals surface area (Å²) in [7, 11) is 1.74. The van der Waals surface area contributed by atoms with E-state index in [1.54, 1.807) is 47.4 Å². The molecular formula is C31H35F3N4O3. The zero-order valence-electron chi connectivity index (χ0n) is 24.0. The Balaban J connectivity index is 1.64. The van der Waals surface area contributed by atoms with E-state index in [1.165, 1.54) is 6.20 Å². The van der Waals surface area contributed by atoms with Gasteiger partial charge in [0.15, 0.2) is 17.4 Å². The van der Waals surface area contributed by atoms with Crippen LogP contribution in [0.1, 0.15) is 51.7 Å². The van der Waals surface area contributed by atoms with Crippen LogP contribution in [0.25, 0.3) is 0 Å². The largest absolute Gasteiger partial charge is 0.454 e. The van der Waals surface area contributed by atoms with E-state index in [1.807, 2.05) is 27.7 Å². The molecule has 0 radical (unpaired) electrons. The minimum Gasteiger partial charge on any atom is -0.454 e. The molecule has 1 aliphatic rings. The summed E-state index contributed by atoms with van der Waals surface area (Å²) in [6.45, 7) is 8.26. The number of carbonyl (C=O) groups excluding carboxylic acids is 1. The molecule has 10 heteroatoms. The normalized spacial score (nSPS) is 16.0. The lowest BCUT2D eigenvalue weighted by Gasteiger charge is -2.35. The summed E-state index contributed by atoms with van der Waals surface area (Å²) in [5, 5.41) is 6.49. The van der Waals surface area contributed by atoms with Gasteiger partial charge in [-0.3, -0.25) is 9.99 Å². The molecule has 0 spiro atoms. The number of benzene rings is 2. The van der Waals surface area contributed by atoms with Gasteiger partial charge in [0.1, 0.15) is 17.2 Å². The molecule has 1 saturated heterocycles. The van der Waals surface area contributed by atoms with Gasteiger partial charge in [-0.2, -0.15) is 5.10 Å². The van der Waals surface area contributed by atoms with E-state index in [0.717, 1.165) is 18.2 Å². The summed E-state index contributed by atoms with van der Waals surface area (Å²) in [5.74, 6) is -1.93. The number of anilines is 1. The molecule has 0 aliphatic carbocycles. The second-order valence-corrected chi connectivity index (χ2v) is 11.0. The number of rotatable bonds is 7. The number of pyridine rings is 1. The van der Waals surface area contributed by atoms with E-state index < -0.39 is 29.1 Å². The number of likely N-dealkylation sites (tertiary alicyclic amines) is 1. The van der Waals surface area contributed by atoms with E-state index in [2.05, 4.69) is 4.98 Å². The molecular weight excluding hydrogens is 533 g/mol. The number of amides is 1. The Morgan fingerprint density at radius 2 is 1.83 bits per heavy atom. The first kappa shape index (κ1) is 29.9. The van der Waals surface area contributed by atoms with Crippen molar-refractivity contribution >= 4 is 17.5 Å². The van der Waals surface area contributed by atoms with Crippen molar-refractivity contribution in [1.82, 2.24) is 9.88 Å². The molecule has 2 aromatic carbocycles. The highest BCUT2D eigenvalue weighted by Crippen LogP contribution is 2.30. The van der Waals surface area contributed by atoms with Crippen LogP contribution in [0.4, 0.5) is 23.7 Å². The van der Waals surface area contributed by atoms with Crippen molar-refractivity contribution in [3.8, 4) is 11.5 Å². The van der Waals surface area contributed by atoms with E-state index in [0.29, 0.717) is 60.6 Å². The molecule has 0 saturated carbocycles. The smallest absolute Gasteiger partial charge is 0.410 e. The Morgan fingerprint density at radius 3 is 2.51 bits per heavy atom. The monoisotopic (exact) mass is 568 g/mol. The van der Waals surface area contributed by atoms with Gasteiger partial charge in [-0.15, -0.1) is 0 Å². The number of carbonyl (C=O) groups is 1. The molecule has 1 fully saturated rings. The van der Waals surface area contributed by atoms with Crippen LogP contribution in [0, 0.1) is 23.4 Å². The van der Waals surface area contributed by atoms with Crippen LogP contribution < -0.4 is 9.75 Å². The van der Waals surface area contributed by atoms with Crippen molar-refractivity contribution in [1.29, 1.82) is 0 Å². The van der Waals surface area contributed by atoms with Crippen molar-refractivity contribution in [3.05, 3.63) is 83.4 Å². The highest BCUT2D eigenvalue weighted by atomic mass is 19.1. The number of halogens is 3. The second-order valence-electron chi connectivity index (χ2n) is 11.0. The summed E-state index contributed by atoms with van der Waals surface area (Å²) in [6.07, 6.45) is 4.38. The number of aromatic nitrogens is 1. The maximum Gasteiger partial charge on any atom is 0.410 e. The maximum atomic E-state index is 15.4. The lowest BCUT2D eigenvalue weighted by Crippen LogP contribution is -2.45. The number of ether oxygens (including phenoxy) is 2. The first-order valence-electron chi connectivity index (χ1n) is 13.6. The SMILES string of the molecule is CCc1cncc(F)c1/C(=N\N(C)c1ccc(Oc2cc(F)ccc2F)cc1)C1CCCN(C(=O)OC(C)(C)C)C1. The molecule has 1 unspecified atom stereocenters. The average Bonchev–Trinajstić information content (AvgIpc) is 2.93. The van der Waals surface area contributed by atoms with Crippen molar-refractivity contribution in [2.24, 2.45) is 11.0 Å². The third-order valence-electron chi connectivity index (χ3n) is 6.66. The van der Waals surface area contributed by atoms with Crippen molar-refractivity contribution in [2.75, 3.05) is 25.1 Å². The van der Waals surface area contributed by atoms with Crippen molar-refractivity contribution < 1.29 is 27.4 Å². The van der Waals surface area contributed by atoms with Gasteiger partial charge in [0.25, 0.3) is 0 Å². The fourth-order valence-electron chi connectivity index (χ4n) is 4.69. The topological polar surface area (TPSA) is 67.3 Å². The molecule has 3 aromatic rings. The first-order valence-corrected chi connectivity index (χ1v) is 13.6. The number of piperidine rings is 1. The number of hydrogen-bond acceptors (Lipinski definition) is 6. The minimum absolute atomic E-state index is 0.224. The van der Waals surface area contributed by atoms with Crippen molar-refractivity contribution in [2.45, 2.75) is 52.6 Å². The summed E-state index contributed by atoms with van der Waals surface area (Å²) < 4.78 is 54.0. The van der Waals surface area contributed by atoms with Crippen LogP contribution in [0.5, 0.6) is 11.5 Å². The van der Waals surface area contributed by atoms with Crippen molar-refractivity contribution in [3.63, 3.8) is 0 Å². The standard InChI is InChI=1S/C31H35F3N4O3/c1-6-20-17-35-18-26(34)28(20)29(21-8-7-15-38(19-21)30(39)41-31(2,3)4)36-37(5)23-10-12-24(13-11-23)40-27-16-22(32)9-14-25(27)33/h9-14,16-18,21H,6-8,15,19H2,1-5H3/b36-29-. The predicted octanol–water partition coefficient (Wildman–Crippen LogP) is 7.34. The number of hydrogen-bond donors (Lipinski definition) is 0. The van der Waals surface area contributed by atoms with Gasteiger partial charge in [-0.25, -0.2) is 18.0 Å². The van der Waals surface area contributed by atoms with Crippen LogP contribution in [0.2, 0.25) is 0 Å². The lowest BCUT2D eigenvalue weighted by atomic mass is 9.87. The molecule has 1 amide bonds. The molecule has 1 aliphatic heterocycles. The Kier molecular flexibility index (Phi) is 9.20. The van der Waals surface area contributed by atoms with Gasteiger partial charge in [0.2, 0.25) is 0 Å². The van der Waals surface area contributed by atoms with Gasteiger partial charge in [-0.1, -0.05) is 6.92 Å². The predicted molar refractivity (Wildman–Crippen MR) is 152 cm³/mol. The van der Waals surface area contributed by atoms with E-state index >= 15 is 4.39 Å². The Morgan fingerprint density at radius 1 is 1.10 bits per heavy atom. The summed E-state index contributed by atoms with van der Waals surface area (Å²) in [6, 6.07) is 9.65. The van der Waals surface area contributed by atoms with Crippen LogP contribution in [-0.2, 0) is 11.2 Å². The Labute approximate surface area is 238 Å². The molecule has 0 N–H and O–H groups in total. The van der Waals surface area contributed by atoms with Gasteiger partial charge >= 0.3 is 6.09 Å². The van der Waals surface area contributed by atoms with Gasteiger partial charge in [-0.05, 0) is 82.0 Å². The molecule has 218 valence electrons. The van der Waals surface area contributed by atoms with Crippen LogP contribution in [0.15, 0.2) is 60.0 Å². The molecule has 7 nitrogen and oxygen atoms in total. The molecule has 1 aromatic heterocycles. The molecule has 4 rings (SSSR count). The van der Waals surface area contributed by atoms with Gasteiger partial charge in [0, 0.05) is 43.9 Å². The number of nitrogens with zero attached hydrogens (tertiary/aromatic N) is 4. The molecule has 1 atom stereocenters. The second kappa shape index (κ2) is 12.6. The maximum absolute atomic E-state index is 15.4. The molecule has 41 heavy (non-hydrogen) atoms. The van der Waals surface area contributed by atoms with Gasteiger partial charge < -0.3 is 14.4 Å². The summed E-state index contributed by atoms with van der Waals surface area (Å²) in [4.78, 5) is 18.5. The zero-order valence-corrected chi connectivity index (χ0v) is 24.0. The first-order chi connectivity index (χ1) is 19.4. The molecule has 2 heterocycles. The van der Waals surface area contributed by atoms with E-state index in [4.69, 9.17) is 14.6 Å². The Hall–Kier alpha value is -4.08. The number of hydrazone groups is 1. The van der Waals surface area contributed by atoms with E-state index in [9.17, 15) is 13.6 Å². The number of aryl methyl sites for hydroxylation is 1. The van der Waals surface area contributed by atoms with Crippen LogP contribution in [-0.4, -0.2) is 47.4 Å². The third kappa shape index (κ3) is 7.56. The fraction of sp³-hybridized carbons (Fsp3) is 0.387. The van der Waals surface area contributed by atoms with Crippen LogP contribution >= 0.6 is 0 Å². The van der Waals surface area contributed by atoms with Gasteiger partial charge in [0.05, 0.1) is 17.6 Å².